The Morgan fingerprint density at radius 2 is 1.74 bits per heavy atom. The third-order valence-corrected chi connectivity index (χ3v) is 7.03. The third-order valence-electron chi connectivity index (χ3n) is 4.74. The summed E-state index contributed by atoms with van der Waals surface area (Å²) in [5.74, 6) is 4.58. The van der Waals surface area contributed by atoms with Crippen molar-refractivity contribution in [3.63, 3.8) is 0 Å². The van der Waals surface area contributed by atoms with Crippen LogP contribution in [0.3, 0.4) is 0 Å². The van der Waals surface area contributed by atoms with Gasteiger partial charge >= 0.3 is 0 Å². The molecular formula is C25H24N2O2S2. The van der Waals surface area contributed by atoms with Crippen LogP contribution in [0.5, 0.6) is 5.75 Å². The molecule has 31 heavy (non-hydrogen) atoms. The van der Waals surface area contributed by atoms with Crippen molar-refractivity contribution < 1.29 is 9.53 Å². The van der Waals surface area contributed by atoms with Gasteiger partial charge in [-0.25, -0.2) is 5.43 Å². The van der Waals surface area contributed by atoms with Crippen LogP contribution in [0.1, 0.15) is 27.0 Å². The van der Waals surface area contributed by atoms with Gasteiger partial charge in [0.05, 0.1) is 6.21 Å². The van der Waals surface area contributed by atoms with E-state index in [0.717, 1.165) is 34.3 Å². The fraction of sp³-hybridized carbons (Fsp3) is 0.200. The van der Waals surface area contributed by atoms with E-state index in [9.17, 15) is 4.79 Å². The largest absolute Gasteiger partial charge is 0.489 e. The molecule has 0 spiro atoms. The van der Waals surface area contributed by atoms with Crippen LogP contribution in [0.15, 0.2) is 84.0 Å². The molecule has 1 heterocycles. The maximum Gasteiger partial charge on any atom is 0.271 e. The molecule has 1 aliphatic heterocycles. The van der Waals surface area contributed by atoms with Crippen molar-refractivity contribution in [2.75, 3.05) is 11.5 Å². The first-order valence-electron chi connectivity index (χ1n) is 10.1. The summed E-state index contributed by atoms with van der Waals surface area (Å²) >= 11 is 3.75. The summed E-state index contributed by atoms with van der Waals surface area (Å²) in [5, 5.41) is 4.09. The molecular weight excluding hydrogens is 424 g/mol. The van der Waals surface area contributed by atoms with Gasteiger partial charge in [-0.15, -0.1) is 0 Å². The molecule has 1 saturated heterocycles. The van der Waals surface area contributed by atoms with Gasteiger partial charge in [-0.3, -0.25) is 4.79 Å². The van der Waals surface area contributed by atoms with Crippen molar-refractivity contribution in [2.24, 2.45) is 5.10 Å². The van der Waals surface area contributed by atoms with Crippen molar-refractivity contribution in [1.82, 2.24) is 5.43 Å². The van der Waals surface area contributed by atoms with Crippen molar-refractivity contribution in [1.29, 1.82) is 0 Å². The maximum atomic E-state index is 12.3. The molecule has 0 unspecified atom stereocenters. The van der Waals surface area contributed by atoms with Gasteiger partial charge in [0.1, 0.15) is 11.9 Å². The minimum atomic E-state index is -0.223. The molecule has 0 saturated carbocycles. The lowest BCUT2D eigenvalue weighted by Gasteiger charge is -2.25. The predicted octanol–water partition coefficient (Wildman–Crippen LogP) is 5.38. The molecule has 158 valence electrons. The Morgan fingerprint density at radius 3 is 2.45 bits per heavy atom. The number of rotatable bonds is 9. The number of nitrogens with zero attached hydrogens (tertiary/aromatic N) is 1. The molecule has 0 aromatic heterocycles. The highest BCUT2D eigenvalue weighted by Gasteiger charge is 2.19. The molecule has 1 aliphatic rings. The fourth-order valence-electron chi connectivity index (χ4n) is 2.99. The number of thioether (sulfide) groups is 2. The van der Waals surface area contributed by atoms with Crippen LogP contribution < -0.4 is 10.2 Å². The van der Waals surface area contributed by atoms with Gasteiger partial charge in [-0.2, -0.15) is 28.6 Å². The molecule has 1 N–H and O–H groups in total. The van der Waals surface area contributed by atoms with Crippen molar-refractivity contribution >= 4 is 35.6 Å². The summed E-state index contributed by atoms with van der Waals surface area (Å²) in [5.41, 5.74) is 6.59. The van der Waals surface area contributed by atoms with Crippen molar-refractivity contribution in [3.8, 4) is 5.75 Å². The van der Waals surface area contributed by atoms with Crippen LogP contribution in [0.2, 0.25) is 0 Å². The van der Waals surface area contributed by atoms with E-state index in [0.29, 0.717) is 11.7 Å². The van der Waals surface area contributed by atoms with E-state index in [2.05, 4.69) is 34.8 Å². The fourth-order valence-corrected chi connectivity index (χ4v) is 4.51. The van der Waals surface area contributed by atoms with Crippen LogP contribution in [-0.2, 0) is 11.5 Å². The van der Waals surface area contributed by atoms with E-state index in [1.807, 2.05) is 78.1 Å². The number of carbonyl (C=O) groups is 1. The van der Waals surface area contributed by atoms with E-state index in [-0.39, 0.29) is 5.91 Å². The zero-order chi connectivity index (χ0) is 21.3. The first-order chi connectivity index (χ1) is 15.3. The zero-order valence-electron chi connectivity index (χ0n) is 17.1. The first kappa shape index (κ1) is 21.5. The second-order valence-corrected chi connectivity index (χ2v) is 9.28. The Morgan fingerprint density at radius 1 is 1.00 bits per heavy atom. The summed E-state index contributed by atoms with van der Waals surface area (Å²) < 4.78 is 5.88. The molecule has 0 radical (unpaired) electrons. The topological polar surface area (TPSA) is 50.7 Å². The van der Waals surface area contributed by atoms with E-state index in [4.69, 9.17) is 4.74 Å². The average Bonchev–Trinajstić information content (AvgIpc) is 2.78. The summed E-state index contributed by atoms with van der Waals surface area (Å²) in [6, 6.07) is 25.8. The average molecular weight is 449 g/mol. The Bertz CT molecular complexity index is 1020. The van der Waals surface area contributed by atoms with Crippen LogP contribution in [0.4, 0.5) is 0 Å². The Balaban J connectivity index is 1.24. The van der Waals surface area contributed by atoms with E-state index >= 15 is 0 Å². The van der Waals surface area contributed by atoms with Gasteiger partial charge in [0.15, 0.2) is 0 Å². The number of hydrogen-bond acceptors (Lipinski definition) is 5. The highest BCUT2D eigenvalue weighted by atomic mass is 32.2. The summed E-state index contributed by atoms with van der Waals surface area (Å²) in [6.07, 6.45) is 1.94. The normalized spacial score (nSPS) is 13.7. The van der Waals surface area contributed by atoms with Gasteiger partial charge in [0.2, 0.25) is 0 Å². The first-order valence-corrected chi connectivity index (χ1v) is 12.5. The monoisotopic (exact) mass is 448 g/mol. The summed E-state index contributed by atoms with van der Waals surface area (Å²) in [7, 11) is 0. The van der Waals surface area contributed by atoms with Crippen LogP contribution >= 0.6 is 23.5 Å². The molecule has 4 rings (SSSR count). The van der Waals surface area contributed by atoms with Gasteiger partial charge in [0.25, 0.3) is 5.91 Å². The lowest BCUT2D eigenvalue weighted by Crippen LogP contribution is -2.31. The van der Waals surface area contributed by atoms with Crippen molar-refractivity contribution in [3.05, 3.63) is 101 Å². The number of amides is 1. The van der Waals surface area contributed by atoms with Crippen LogP contribution in [-0.4, -0.2) is 29.7 Å². The zero-order valence-corrected chi connectivity index (χ0v) is 18.7. The molecule has 6 heteroatoms. The summed E-state index contributed by atoms with van der Waals surface area (Å²) in [4.78, 5) is 12.3. The van der Waals surface area contributed by atoms with E-state index < -0.39 is 0 Å². The highest BCUT2D eigenvalue weighted by molar-refractivity contribution is 8.00. The number of benzene rings is 3. The molecule has 0 bridgehead atoms. The van der Waals surface area contributed by atoms with E-state index in [1.54, 1.807) is 6.21 Å². The van der Waals surface area contributed by atoms with Gasteiger partial charge in [-0.1, -0.05) is 54.6 Å². The second kappa shape index (κ2) is 11.1. The number of ether oxygens (including phenoxy) is 1. The predicted molar refractivity (Wildman–Crippen MR) is 131 cm³/mol. The molecule has 1 fully saturated rings. The minimum absolute atomic E-state index is 0.223. The maximum absolute atomic E-state index is 12.3. The van der Waals surface area contributed by atoms with Gasteiger partial charge in [-0.05, 0) is 41.0 Å². The van der Waals surface area contributed by atoms with Crippen LogP contribution in [0.25, 0.3) is 0 Å². The number of hydrazone groups is 1. The number of carbonyl (C=O) groups excluding carboxylic acids is 1. The van der Waals surface area contributed by atoms with Gasteiger partial charge < -0.3 is 4.74 Å². The lowest BCUT2D eigenvalue weighted by atomic mass is 10.1. The Hall–Kier alpha value is -2.70. The smallest absolute Gasteiger partial charge is 0.271 e. The van der Waals surface area contributed by atoms with E-state index in [1.165, 1.54) is 11.1 Å². The standard InChI is InChI=1S/C25H24N2O2S2/c28-25(27-26-14-21-7-4-8-23(13-21)29-24-17-31-18-24)22-11-9-20(10-12-22)16-30-15-19-5-2-1-3-6-19/h1-14,24H,15-18H2,(H,27,28)/b26-14-. The van der Waals surface area contributed by atoms with Crippen molar-refractivity contribution in [2.45, 2.75) is 17.6 Å². The SMILES string of the molecule is O=C(N/N=C\c1cccc(OC2CSC2)c1)c1ccc(CSCc2ccccc2)cc1. The quantitative estimate of drug-likeness (QED) is 0.353. The third kappa shape index (κ3) is 6.64. The van der Waals surface area contributed by atoms with Crippen LogP contribution in [0, 0.1) is 0 Å². The number of hydrogen-bond donors (Lipinski definition) is 1. The molecule has 4 nitrogen and oxygen atoms in total. The molecule has 0 aliphatic carbocycles. The molecule has 0 atom stereocenters. The lowest BCUT2D eigenvalue weighted by molar-refractivity contribution is 0.0955. The Kier molecular flexibility index (Phi) is 7.69. The summed E-state index contributed by atoms with van der Waals surface area (Å²) in [6.45, 7) is 0. The molecule has 3 aromatic rings. The highest BCUT2D eigenvalue weighted by Crippen LogP contribution is 2.24. The molecule has 3 aromatic carbocycles. The molecule has 1 amide bonds. The second-order valence-electron chi connectivity index (χ2n) is 7.22. The number of nitrogens with one attached hydrogen (secondary N) is 1. The Labute approximate surface area is 191 Å². The minimum Gasteiger partial charge on any atom is -0.489 e. The van der Waals surface area contributed by atoms with Gasteiger partial charge in [0, 0.05) is 28.6 Å².